The van der Waals surface area contributed by atoms with Crippen molar-refractivity contribution in [1.82, 2.24) is 14.8 Å². The second kappa shape index (κ2) is 8.21. The molecule has 28 heavy (non-hydrogen) atoms. The monoisotopic (exact) mass is 405 g/mol. The van der Waals surface area contributed by atoms with Crippen molar-refractivity contribution in [2.45, 2.75) is 24.8 Å². The van der Waals surface area contributed by atoms with E-state index in [1.165, 1.54) is 11.1 Å². The number of aromatic nitrogens is 3. The van der Waals surface area contributed by atoms with Gasteiger partial charge < -0.3 is 0 Å². The third-order valence-corrected chi connectivity index (χ3v) is 6.04. The van der Waals surface area contributed by atoms with E-state index in [2.05, 4.69) is 52.9 Å². The van der Waals surface area contributed by atoms with Gasteiger partial charge in [0.05, 0.1) is 5.69 Å². The van der Waals surface area contributed by atoms with Crippen LogP contribution in [0, 0.1) is 13.8 Å². The number of rotatable bonds is 5. The minimum absolute atomic E-state index is 0.734. The van der Waals surface area contributed by atoms with Crippen LogP contribution in [-0.2, 0) is 5.75 Å². The average Bonchev–Trinajstić information content (AvgIpc) is 3.11. The van der Waals surface area contributed by atoms with Gasteiger partial charge in [-0.25, -0.2) is 0 Å². The predicted molar refractivity (Wildman–Crippen MR) is 117 cm³/mol. The molecule has 3 nitrogen and oxygen atoms in total. The van der Waals surface area contributed by atoms with Crippen LogP contribution in [0.5, 0.6) is 0 Å². The van der Waals surface area contributed by atoms with Crippen molar-refractivity contribution in [3.8, 4) is 17.1 Å². The largest absolute Gasteiger partial charge is 0.270 e. The van der Waals surface area contributed by atoms with Gasteiger partial charge in [0.25, 0.3) is 0 Å². The zero-order valence-electron chi connectivity index (χ0n) is 15.8. The van der Waals surface area contributed by atoms with Crippen LogP contribution in [0.3, 0.4) is 0 Å². The molecule has 4 rings (SSSR count). The number of thioether (sulfide) groups is 1. The van der Waals surface area contributed by atoms with Crippen LogP contribution in [0.1, 0.15) is 16.7 Å². The lowest BCUT2D eigenvalue weighted by Crippen LogP contribution is -2.02. The highest BCUT2D eigenvalue weighted by Crippen LogP contribution is 2.33. The molecule has 0 bridgehead atoms. The maximum atomic E-state index is 6.34. The number of benzene rings is 3. The van der Waals surface area contributed by atoms with Crippen molar-refractivity contribution in [3.05, 3.63) is 94.5 Å². The molecule has 0 unspecified atom stereocenters. The molecule has 140 valence electrons. The summed E-state index contributed by atoms with van der Waals surface area (Å²) in [6.07, 6.45) is 0. The third kappa shape index (κ3) is 3.71. The molecule has 0 radical (unpaired) electrons. The average molecular weight is 406 g/mol. The quantitative estimate of drug-likeness (QED) is 0.355. The van der Waals surface area contributed by atoms with Crippen LogP contribution >= 0.6 is 23.4 Å². The molecule has 0 aliphatic heterocycles. The Morgan fingerprint density at radius 1 is 0.821 bits per heavy atom. The molecule has 0 N–H and O–H groups in total. The second-order valence-corrected chi connectivity index (χ2v) is 7.97. The molecule has 5 heteroatoms. The second-order valence-electron chi connectivity index (χ2n) is 6.62. The Bertz CT molecular complexity index is 1120. The fraction of sp³-hybridized carbons (Fsp3) is 0.130. The van der Waals surface area contributed by atoms with Gasteiger partial charge in [0, 0.05) is 16.3 Å². The highest BCUT2D eigenvalue weighted by Gasteiger charge is 2.18. The summed E-state index contributed by atoms with van der Waals surface area (Å²) in [5.74, 6) is 1.59. The summed E-state index contributed by atoms with van der Waals surface area (Å²) in [6.45, 7) is 4.21. The van der Waals surface area contributed by atoms with E-state index in [0.717, 1.165) is 38.6 Å². The van der Waals surface area contributed by atoms with Crippen LogP contribution in [0.2, 0.25) is 5.02 Å². The Kier molecular flexibility index (Phi) is 5.51. The summed E-state index contributed by atoms with van der Waals surface area (Å²) < 4.78 is 2.15. The molecular weight excluding hydrogens is 386 g/mol. The topological polar surface area (TPSA) is 30.7 Å². The molecule has 0 amide bonds. The summed E-state index contributed by atoms with van der Waals surface area (Å²) in [5.41, 5.74) is 5.62. The Morgan fingerprint density at radius 3 is 2.25 bits per heavy atom. The van der Waals surface area contributed by atoms with Crippen LogP contribution in [0.25, 0.3) is 17.1 Å². The highest BCUT2D eigenvalue weighted by molar-refractivity contribution is 7.98. The fourth-order valence-corrected chi connectivity index (χ4v) is 4.38. The minimum atomic E-state index is 0.734. The summed E-state index contributed by atoms with van der Waals surface area (Å²) >= 11 is 7.98. The summed E-state index contributed by atoms with van der Waals surface area (Å²) in [6, 6.07) is 24.5. The molecule has 1 aromatic heterocycles. The smallest absolute Gasteiger partial charge is 0.196 e. The van der Waals surface area contributed by atoms with E-state index < -0.39 is 0 Å². The van der Waals surface area contributed by atoms with E-state index >= 15 is 0 Å². The first-order chi connectivity index (χ1) is 13.6. The van der Waals surface area contributed by atoms with Crippen LogP contribution in [-0.4, -0.2) is 14.8 Å². The van der Waals surface area contributed by atoms with Crippen LogP contribution < -0.4 is 0 Å². The van der Waals surface area contributed by atoms with Gasteiger partial charge in [0.1, 0.15) is 0 Å². The highest BCUT2D eigenvalue weighted by atomic mass is 35.5. The van der Waals surface area contributed by atoms with Crippen LogP contribution in [0.15, 0.2) is 78.0 Å². The number of hydrogen-bond acceptors (Lipinski definition) is 3. The Morgan fingerprint density at radius 2 is 1.50 bits per heavy atom. The minimum Gasteiger partial charge on any atom is -0.270 e. The van der Waals surface area contributed by atoms with Crippen molar-refractivity contribution in [2.75, 3.05) is 0 Å². The Balaban J connectivity index is 1.80. The van der Waals surface area contributed by atoms with Gasteiger partial charge >= 0.3 is 0 Å². The van der Waals surface area contributed by atoms with Crippen molar-refractivity contribution >= 4 is 23.4 Å². The summed E-state index contributed by atoms with van der Waals surface area (Å²) in [4.78, 5) is 0. The molecule has 3 aromatic carbocycles. The van der Waals surface area contributed by atoms with E-state index in [1.54, 1.807) is 11.8 Å². The Labute approximate surface area is 174 Å². The van der Waals surface area contributed by atoms with Gasteiger partial charge in [-0.05, 0) is 42.7 Å². The molecule has 0 aliphatic carbocycles. The lowest BCUT2D eigenvalue weighted by atomic mass is 10.1. The maximum Gasteiger partial charge on any atom is 0.196 e. The number of para-hydroxylation sites is 1. The van der Waals surface area contributed by atoms with E-state index in [-0.39, 0.29) is 0 Å². The number of halogens is 1. The van der Waals surface area contributed by atoms with Gasteiger partial charge in [-0.15, -0.1) is 10.2 Å². The van der Waals surface area contributed by atoms with E-state index in [0.29, 0.717) is 0 Å². The lowest BCUT2D eigenvalue weighted by molar-refractivity contribution is 0.880. The number of aryl methyl sites for hydroxylation is 2. The van der Waals surface area contributed by atoms with Gasteiger partial charge in [-0.1, -0.05) is 84.0 Å². The molecule has 0 aliphatic rings. The lowest BCUT2D eigenvalue weighted by Gasteiger charge is -2.14. The van der Waals surface area contributed by atoms with Crippen molar-refractivity contribution in [3.63, 3.8) is 0 Å². The van der Waals surface area contributed by atoms with Crippen molar-refractivity contribution in [1.29, 1.82) is 0 Å². The third-order valence-electron chi connectivity index (χ3n) is 4.69. The number of nitrogens with zero attached hydrogens (tertiary/aromatic N) is 3. The molecule has 0 fully saturated rings. The first kappa shape index (κ1) is 18.8. The van der Waals surface area contributed by atoms with Gasteiger partial charge in [-0.2, -0.15) is 0 Å². The standard InChI is InChI=1S/C23H20ClN3S/c1-16-9-3-6-12-19(16)22-25-26-23(27(22)21-14-8-4-10-17(21)2)28-15-18-11-5-7-13-20(18)24/h3-14H,15H2,1-2H3. The maximum absolute atomic E-state index is 6.34. The Hall–Kier alpha value is -2.56. The van der Waals surface area contributed by atoms with E-state index in [9.17, 15) is 0 Å². The molecule has 0 saturated heterocycles. The normalized spacial score (nSPS) is 11.0. The fourth-order valence-electron chi connectivity index (χ4n) is 3.15. The van der Waals surface area contributed by atoms with Crippen LogP contribution in [0.4, 0.5) is 0 Å². The van der Waals surface area contributed by atoms with Gasteiger partial charge in [0.15, 0.2) is 11.0 Å². The van der Waals surface area contributed by atoms with Gasteiger partial charge in [0.2, 0.25) is 0 Å². The zero-order chi connectivity index (χ0) is 19.5. The number of hydrogen-bond donors (Lipinski definition) is 0. The predicted octanol–water partition coefficient (Wildman–Crippen LogP) is 6.50. The summed E-state index contributed by atoms with van der Waals surface area (Å²) in [5, 5.41) is 10.7. The molecule has 0 atom stereocenters. The molecule has 0 saturated carbocycles. The van der Waals surface area contributed by atoms with Crippen molar-refractivity contribution in [2.24, 2.45) is 0 Å². The molecule has 0 spiro atoms. The molecule has 4 aromatic rings. The zero-order valence-corrected chi connectivity index (χ0v) is 17.3. The van der Waals surface area contributed by atoms with Gasteiger partial charge in [-0.3, -0.25) is 4.57 Å². The molecule has 1 heterocycles. The molecular formula is C23H20ClN3S. The van der Waals surface area contributed by atoms with E-state index in [1.807, 2.05) is 48.5 Å². The first-order valence-electron chi connectivity index (χ1n) is 9.09. The SMILES string of the molecule is Cc1ccccc1-c1nnc(SCc2ccccc2Cl)n1-c1ccccc1C. The summed E-state index contributed by atoms with van der Waals surface area (Å²) in [7, 11) is 0. The van der Waals surface area contributed by atoms with E-state index in [4.69, 9.17) is 11.6 Å². The first-order valence-corrected chi connectivity index (χ1v) is 10.4. The van der Waals surface area contributed by atoms with Crippen molar-refractivity contribution < 1.29 is 0 Å².